The first-order valence-corrected chi connectivity index (χ1v) is 4.42. The van der Waals surface area contributed by atoms with Gasteiger partial charge in [0.1, 0.15) is 5.82 Å². The number of aromatic carboxylic acids is 1. The second kappa shape index (κ2) is 4.96. The van der Waals surface area contributed by atoms with Crippen molar-refractivity contribution in [1.82, 2.24) is 9.97 Å². The lowest BCUT2D eigenvalue weighted by Gasteiger charge is -2.18. The molecule has 15 heavy (non-hydrogen) atoms. The first kappa shape index (κ1) is 11.0. The van der Waals surface area contributed by atoms with Gasteiger partial charge >= 0.3 is 5.97 Å². The van der Waals surface area contributed by atoms with Gasteiger partial charge in [-0.05, 0) is 6.92 Å². The summed E-state index contributed by atoms with van der Waals surface area (Å²) in [6, 6.07) is 0. The number of carbonyl (C=O) groups is 1. The predicted octanol–water partition coefficient (Wildman–Crippen LogP) is 0.634. The highest BCUT2D eigenvalue weighted by molar-refractivity contribution is 5.85. The average Bonchev–Trinajstić information content (AvgIpc) is 2.26. The molecule has 0 saturated heterocycles. The molecule has 1 N–H and O–H groups in total. The highest BCUT2D eigenvalue weighted by atomic mass is 16.4. The molecule has 0 aliphatic heterocycles. The molecule has 0 amide bonds. The number of anilines is 1. The molecule has 0 aliphatic rings. The van der Waals surface area contributed by atoms with Crippen LogP contribution in [-0.2, 0) is 0 Å². The largest absolute Gasteiger partial charge is 0.476 e. The molecule has 1 rings (SSSR count). The van der Waals surface area contributed by atoms with Crippen molar-refractivity contribution in [3.05, 3.63) is 18.1 Å². The summed E-state index contributed by atoms with van der Waals surface area (Å²) < 4.78 is 0. The van der Waals surface area contributed by atoms with Crippen LogP contribution in [0.5, 0.6) is 0 Å². The Hall–Kier alpha value is -2.09. The number of nitrogens with zero attached hydrogens (tertiary/aromatic N) is 3. The minimum atomic E-state index is -1.10. The van der Waals surface area contributed by atoms with Gasteiger partial charge in [-0.1, -0.05) is 5.92 Å². The van der Waals surface area contributed by atoms with E-state index in [-0.39, 0.29) is 5.69 Å². The minimum Gasteiger partial charge on any atom is -0.476 e. The predicted molar refractivity (Wildman–Crippen MR) is 55.7 cm³/mol. The zero-order valence-corrected chi connectivity index (χ0v) is 8.34. The summed E-state index contributed by atoms with van der Waals surface area (Å²) in [7, 11) is 0. The van der Waals surface area contributed by atoms with E-state index in [0.29, 0.717) is 18.9 Å². The highest BCUT2D eigenvalue weighted by Gasteiger charge is 2.09. The summed E-state index contributed by atoms with van der Waals surface area (Å²) >= 11 is 0. The van der Waals surface area contributed by atoms with E-state index in [1.54, 1.807) is 4.90 Å². The highest BCUT2D eigenvalue weighted by Crippen LogP contribution is 2.08. The molecule has 0 aromatic carbocycles. The van der Waals surface area contributed by atoms with E-state index in [1.807, 2.05) is 6.92 Å². The van der Waals surface area contributed by atoms with Crippen LogP contribution in [0.3, 0.4) is 0 Å². The fraction of sp³-hybridized carbons (Fsp3) is 0.300. The topological polar surface area (TPSA) is 66.3 Å². The van der Waals surface area contributed by atoms with Crippen LogP contribution in [0.15, 0.2) is 12.4 Å². The first-order valence-electron chi connectivity index (χ1n) is 4.42. The molecular formula is C10H11N3O2. The summed E-state index contributed by atoms with van der Waals surface area (Å²) in [6.07, 6.45) is 7.88. The Bertz CT molecular complexity index is 398. The van der Waals surface area contributed by atoms with E-state index in [2.05, 4.69) is 15.9 Å². The van der Waals surface area contributed by atoms with Gasteiger partial charge in [0.05, 0.1) is 18.9 Å². The molecule has 78 valence electrons. The van der Waals surface area contributed by atoms with Crippen molar-refractivity contribution in [3.63, 3.8) is 0 Å². The van der Waals surface area contributed by atoms with E-state index < -0.39 is 5.97 Å². The minimum absolute atomic E-state index is 0.0806. The third-order valence-corrected chi connectivity index (χ3v) is 1.83. The summed E-state index contributed by atoms with van der Waals surface area (Å²) in [5.41, 5.74) is -0.0806. The number of aromatic nitrogens is 2. The molecule has 0 radical (unpaired) electrons. The molecule has 5 heteroatoms. The molecule has 0 spiro atoms. The monoisotopic (exact) mass is 205 g/mol. The van der Waals surface area contributed by atoms with Gasteiger partial charge in [-0.3, -0.25) is 4.98 Å². The summed E-state index contributed by atoms with van der Waals surface area (Å²) in [5.74, 6) is 1.86. The lowest BCUT2D eigenvalue weighted by Crippen LogP contribution is -2.24. The summed E-state index contributed by atoms with van der Waals surface area (Å²) in [6.45, 7) is 2.95. The van der Waals surface area contributed by atoms with Crippen molar-refractivity contribution in [2.75, 3.05) is 18.0 Å². The van der Waals surface area contributed by atoms with Crippen molar-refractivity contribution in [2.24, 2.45) is 0 Å². The summed E-state index contributed by atoms with van der Waals surface area (Å²) in [5, 5.41) is 8.73. The zero-order chi connectivity index (χ0) is 11.3. The van der Waals surface area contributed by atoms with Gasteiger partial charge in [-0.25, -0.2) is 9.78 Å². The van der Waals surface area contributed by atoms with Gasteiger partial charge in [0, 0.05) is 6.54 Å². The van der Waals surface area contributed by atoms with Crippen LogP contribution in [0.2, 0.25) is 0 Å². The van der Waals surface area contributed by atoms with E-state index >= 15 is 0 Å². The maximum absolute atomic E-state index is 10.7. The van der Waals surface area contributed by atoms with Gasteiger partial charge in [0.2, 0.25) is 0 Å². The standard InChI is InChI=1S/C10H11N3O2/c1-3-5-13(4-2)9-7-11-6-8(12-9)10(14)15/h1,6-7H,4-5H2,2H3,(H,14,15). The molecule has 5 nitrogen and oxygen atoms in total. The number of carboxylic acids is 1. The molecule has 0 unspecified atom stereocenters. The Morgan fingerprint density at radius 3 is 2.93 bits per heavy atom. The molecule has 0 saturated carbocycles. The fourth-order valence-corrected chi connectivity index (χ4v) is 1.08. The van der Waals surface area contributed by atoms with Crippen LogP contribution < -0.4 is 4.90 Å². The lowest BCUT2D eigenvalue weighted by atomic mass is 10.4. The van der Waals surface area contributed by atoms with Crippen LogP contribution >= 0.6 is 0 Å². The van der Waals surface area contributed by atoms with E-state index in [9.17, 15) is 4.79 Å². The van der Waals surface area contributed by atoms with Crippen LogP contribution in [-0.4, -0.2) is 34.1 Å². The van der Waals surface area contributed by atoms with Gasteiger partial charge in [-0.15, -0.1) is 6.42 Å². The number of hydrogen-bond acceptors (Lipinski definition) is 4. The van der Waals surface area contributed by atoms with Crippen LogP contribution in [0.4, 0.5) is 5.82 Å². The zero-order valence-electron chi connectivity index (χ0n) is 8.34. The second-order valence-electron chi connectivity index (χ2n) is 2.79. The fourth-order valence-electron chi connectivity index (χ4n) is 1.08. The number of hydrogen-bond donors (Lipinski definition) is 1. The molecule has 0 bridgehead atoms. The smallest absolute Gasteiger partial charge is 0.356 e. The van der Waals surface area contributed by atoms with E-state index in [0.717, 1.165) is 0 Å². The van der Waals surface area contributed by atoms with E-state index in [1.165, 1.54) is 12.4 Å². The molecule has 0 fully saturated rings. The normalized spacial score (nSPS) is 9.33. The summed E-state index contributed by atoms with van der Waals surface area (Å²) in [4.78, 5) is 20.2. The van der Waals surface area contributed by atoms with Crippen molar-refractivity contribution in [2.45, 2.75) is 6.92 Å². The van der Waals surface area contributed by atoms with Crippen LogP contribution in [0.25, 0.3) is 0 Å². The molecule has 1 aromatic heterocycles. The molecule has 0 aliphatic carbocycles. The van der Waals surface area contributed by atoms with Crippen LogP contribution in [0.1, 0.15) is 17.4 Å². The molecular weight excluding hydrogens is 194 g/mol. The second-order valence-corrected chi connectivity index (χ2v) is 2.79. The molecule has 1 aromatic rings. The Morgan fingerprint density at radius 2 is 2.40 bits per heavy atom. The van der Waals surface area contributed by atoms with Gasteiger partial charge < -0.3 is 10.0 Å². The maximum Gasteiger partial charge on any atom is 0.356 e. The van der Waals surface area contributed by atoms with Crippen LogP contribution in [0, 0.1) is 12.3 Å². The maximum atomic E-state index is 10.7. The number of terminal acetylenes is 1. The number of carboxylic acid groups (broad SMARTS) is 1. The van der Waals surface area contributed by atoms with Crippen molar-refractivity contribution >= 4 is 11.8 Å². The van der Waals surface area contributed by atoms with Gasteiger partial charge in [-0.2, -0.15) is 0 Å². The van der Waals surface area contributed by atoms with Gasteiger partial charge in [0.15, 0.2) is 5.69 Å². The first-order chi connectivity index (χ1) is 7.19. The quantitative estimate of drug-likeness (QED) is 0.730. The van der Waals surface area contributed by atoms with Gasteiger partial charge in [0.25, 0.3) is 0 Å². The molecule has 1 heterocycles. The molecule has 0 atom stereocenters. The Morgan fingerprint density at radius 1 is 1.67 bits per heavy atom. The third kappa shape index (κ3) is 2.68. The van der Waals surface area contributed by atoms with Crippen molar-refractivity contribution in [1.29, 1.82) is 0 Å². The Kier molecular flexibility index (Phi) is 3.63. The SMILES string of the molecule is C#CCN(CC)c1cncc(C(=O)O)n1. The van der Waals surface area contributed by atoms with Crippen molar-refractivity contribution in [3.8, 4) is 12.3 Å². The Balaban J connectivity index is 2.98. The average molecular weight is 205 g/mol. The van der Waals surface area contributed by atoms with E-state index in [4.69, 9.17) is 11.5 Å². The Labute approximate surface area is 87.8 Å². The number of rotatable bonds is 4. The lowest BCUT2D eigenvalue weighted by molar-refractivity contribution is 0.0690. The van der Waals surface area contributed by atoms with Crippen molar-refractivity contribution < 1.29 is 9.90 Å². The third-order valence-electron chi connectivity index (χ3n) is 1.83.